The van der Waals surface area contributed by atoms with Crippen molar-refractivity contribution in [2.45, 2.75) is 32.2 Å². The molecule has 1 aliphatic carbocycles. The van der Waals surface area contributed by atoms with Gasteiger partial charge in [0.2, 0.25) is 0 Å². The molecule has 1 aliphatic rings. The Morgan fingerprint density at radius 2 is 2.28 bits per heavy atom. The highest BCUT2D eigenvalue weighted by atomic mass is 79.9. The number of nitrogens with one attached hydrogen (secondary N) is 1. The molecule has 4 nitrogen and oxygen atoms in total. The number of aromatic nitrogens is 2. The van der Waals surface area contributed by atoms with Crippen molar-refractivity contribution in [3.05, 3.63) is 21.0 Å². The monoisotopic (exact) mass is 321 g/mol. The molecule has 1 saturated carbocycles. The van der Waals surface area contributed by atoms with E-state index in [0.29, 0.717) is 16.9 Å². The zero-order chi connectivity index (χ0) is 13.1. The summed E-state index contributed by atoms with van der Waals surface area (Å²) < 4.78 is 26.1. The third-order valence-corrected chi connectivity index (χ3v) is 3.69. The molecule has 1 heterocycles. The Kier molecular flexibility index (Phi) is 4.31. The molecule has 0 bridgehead atoms. The van der Waals surface area contributed by atoms with Gasteiger partial charge in [-0.15, -0.1) is 0 Å². The lowest BCUT2D eigenvalue weighted by Gasteiger charge is -2.25. The van der Waals surface area contributed by atoms with Gasteiger partial charge in [-0.3, -0.25) is 4.79 Å². The predicted molar refractivity (Wildman–Crippen MR) is 68.0 cm³/mol. The average Bonchev–Trinajstić information content (AvgIpc) is 2.25. The highest BCUT2D eigenvalue weighted by molar-refractivity contribution is 9.10. The summed E-state index contributed by atoms with van der Waals surface area (Å²) in [7, 11) is 0. The Morgan fingerprint density at radius 1 is 1.56 bits per heavy atom. The second-order valence-corrected chi connectivity index (χ2v) is 5.28. The molecule has 1 aromatic heterocycles. The second kappa shape index (κ2) is 5.77. The number of hydrogen-bond acceptors (Lipinski definition) is 3. The van der Waals surface area contributed by atoms with E-state index >= 15 is 0 Å². The summed E-state index contributed by atoms with van der Waals surface area (Å²) in [5.41, 5.74) is -0.193. The van der Waals surface area contributed by atoms with E-state index in [4.69, 9.17) is 0 Å². The molecule has 1 N–H and O–H groups in total. The third-order valence-electron chi connectivity index (χ3n) is 3.09. The number of alkyl halides is 2. The van der Waals surface area contributed by atoms with E-state index < -0.39 is 13.0 Å². The normalized spacial score (nSPS) is 15.8. The minimum Gasteiger partial charge on any atom is -0.374 e. The molecule has 0 unspecified atom stereocenters. The van der Waals surface area contributed by atoms with Gasteiger partial charge in [0, 0.05) is 6.54 Å². The largest absolute Gasteiger partial charge is 0.374 e. The van der Waals surface area contributed by atoms with E-state index in [9.17, 15) is 13.6 Å². The van der Waals surface area contributed by atoms with Crippen LogP contribution in [0.2, 0.25) is 0 Å². The first-order valence-electron chi connectivity index (χ1n) is 5.85. The van der Waals surface area contributed by atoms with Crippen molar-refractivity contribution in [3.63, 3.8) is 0 Å². The van der Waals surface area contributed by atoms with E-state index in [1.54, 1.807) is 0 Å². The number of hydrogen-bond donors (Lipinski definition) is 1. The highest BCUT2D eigenvalue weighted by Gasteiger charge is 2.20. The van der Waals surface area contributed by atoms with Crippen LogP contribution >= 0.6 is 15.9 Å². The molecular formula is C11H14BrF2N3O. The van der Waals surface area contributed by atoms with Crippen molar-refractivity contribution in [2.75, 3.05) is 11.9 Å². The topological polar surface area (TPSA) is 46.9 Å². The fraction of sp³-hybridized carbons (Fsp3) is 0.636. The Balaban J connectivity index is 2.16. The maximum Gasteiger partial charge on any atom is 0.291 e. The van der Waals surface area contributed by atoms with Gasteiger partial charge in [-0.25, -0.2) is 13.5 Å². The molecule has 1 fully saturated rings. The number of nitrogens with zero attached hydrogens (tertiary/aromatic N) is 2. The van der Waals surface area contributed by atoms with Gasteiger partial charge in [0.05, 0.1) is 17.2 Å². The van der Waals surface area contributed by atoms with Crippen molar-refractivity contribution >= 4 is 21.6 Å². The molecule has 1 aromatic rings. The zero-order valence-electron chi connectivity index (χ0n) is 9.70. The SMILES string of the molecule is O=c1c(NCC(F)F)c(Br)cnn1CC1CCC1. The van der Waals surface area contributed by atoms with Gasteiger partial charge in [0.15, 0.2) is 0 Å². The summed E-state index contributed by atoms with van der Waals surface area (Å²) in [5, 5.41) is 6.48. The van der Waals surface area contributed by atoms with Crippen LogP contribution in [0, 0.1) is 5.92 Å². The lowest BCUT2D eigenvalue weighted by molar-refractivity contribution is 0.163. The van der Waals surface area contributed by atoms with Crippen LogP contribution in [0.4, 0.5) is 14.5 Å². The van der Waals surface area contributed by atoms with Gasteiger partial charge in [0.1, 0.15) is 5.69 Å². The molecule has 2 rings (SSSR count). The molecule has 0 amide bonds. The standard InChI is InChI=1S/C11H14BrF2N3O/c12-8-4-16-17(6-7-2-1-3-7)11(18)10(8)15-5-9(13)14/h4,7,9,15H,1-3,5-6H2. The van der Waals surface area contributed by atoms with Crippen LogP contribution in [0.15, 0.2) is 15.5 Å². The van der Waals surface area contributed by atoms with Crippen LogP contribution < -0.4 is 10.9 Å². The zero-order valence-corrected chi connectivity index (χ0v) is 11.3. The van der Waals surface area contributed by atoms with Crippen LogP contribution in [0.5, 0.6) is 0 Å². The maximum absolute atomic E-state index is 12.2. The minimum atomic E-state index is -2.50. The van der Waals surface area contributed by atoms with E-state index in [0.717, 1.165) is 12.8 Å². The molecule has 0 aliphatic heterocycles. The summed E-state index contributed by atoms with van der Waals surface area (Å²) in [5.74, 6) is 0.485. The third kappa shape index (κ3) is 3.07. The van der Waals surface area contributed by atoms with Crippen LogP contribution in [-0.2, 0) is 6.54 Å². The molecular weight excluding hydrogens is 308 g/mol. The van der Waals surface area contributed by atoms with Crippen molar-refractivity contribution in [3.8, 4) is 0 Å². The average molecular weight is 322 g/mol. The first kappa shape index (κ1) is 13.5. The van der Waals surface area contributed by atoms with E-state index in [1.807, 2.05) is 0 Å². The van der Waals surface area contributed by atoms with Gasteiger partial charge in [-0.05, 0) is 34.7 Å². The van der Waals surface area contributed by atoms with Crippen LogP contribution in [0.25, 0.3) is 0 Å². The van der Waals surface area contributed by atoms with Gasteiger partial charge in [0.25, 0.3) is 12.0 Å². The summed E-state index contributed by atoms with van der Waals surface area (Å²) >= 11 is 3.15. The quantitative estimate of drug-likeness (QED) is 0.906. The number of rotatable bonds is 5. The number of halogens is 3. The summed E-state index contributed by atoms with van der Waals surface area (Å²) in [6, 6.07) is 0. The Morgan fingerprint density at radius 3 is 2.83 bits per heavy atom. The minimum absolute atomic E-state index is 0.157. The molecule has 0 saturated heterocycles. The second-order valence-electron chi connectivity index (χ2n) is 4.42. The van der Waals surface area contributed by atoms with Gasteiger partial charge >= 0.3 is 0 Å². The van der Waals surface area contributed by atoms with E-state index in [2.05, 4.69) is 26.3 Å². The Bertz CT molecular complexity index is 474. The summed E-state index contributed by atoms with van der Waals surface area (Å²) in [6.45, 7) is 0.0246. The Hall–Kier alpha value is -0.980. The smallest absolute Gasteiger partial charge is 0.291 e. The van der Waals surface area contributed by atoms with E-state index in [-0.39, 0.29) is 11.2 Å². The molecule has 0 atom stereocenters. The predicted octanol–water partition coefficient (Wildman–Crippen LogP) is 2.48. The molecule has 0 aromatic carbocycles. The molecule has 18 heavy (non-hydrogen) atoms. The van der Waals surface area contributed by atoms with Crippen LogP contribution in [0.3, 0.4) is 0 Å². The molecule has 7 heteroatoms. The summed E-state index contributed by atoms with van der Waals surface area (Å²) in [4.78, 5) is 12.0. The lowest BCUT2D eigenvalue weighted by Crippen LogP contribution is -2.31. The fourth-order valence-corrected chi connectivity index (χ4v) is 2.26. The lowest BCUT2D eigenvalue weighted by atomic mass is 9.85. The van der Waals surface area contributed by atoms with Crippen LogP contribution in [0.1, 0.15) is 19.3 Å². The molecule has 0 radical (unpaired) electrons. The highest BCUT2D eigenvalue weighted by Crippen LogP contribution is 2.27. The van der Waals surface area contributed by atoms with Crippen LogP contribution in [-0.4, -0.2) is 22.8 Å². The van der Waals surface area contributed by atoms with Crippen molar-refractivity contribution in [1.82, 2.24) is 9.78 Å². The first-order valence-corrected chi connectivity index (χ1v) is 6.65. The molecule has 100 valence electrons. The van der Waals surface area contributed by atoms with Gasteiger partial charge in [-0.1, -0.05) is 6.42 Å². The molecule has 0 spiro atoms. The van der Waals surface area contributed by atoms with Gasteiger partial charge in [-0.2, -0.15) is 5.10 Å². The van der Waals surface area contributed by atoms with E-state index in [1.165, 1.54) is 17.3 Å². The first-order chi connectivity index (χ1) is 8.58. The van der Waals surface area contributed by atoms with Crippen molar-refractivity contribution in [2.24, 2.45) is 5.92 Å². The number of anilines is 1. The van der Waals surface area contributed by atoms with Crippen molar-refractivity contribution in [1.29, 1.82) is 0 Å². The Labute approximate surface area is 112 Å². The van der Waals surface area contributed by atoms with Crippen molar-refractivity contribution < 1.29 is 8.78 Å². The maximum atomic E-state index is 12.2. The van der Waals surface area contributed by atoms with Gasteiger partial charge < -0.3 is 5.32 Å². The summed E-state index contributed by atoms with van der Waals surface area (Å²) in [6.07, 6.45) is 2.36. The fourth-order valence-electron chi connectivity index (χ4n) is 1.86.